The number of oxazole rings is 2. The van der Waals surface area contributed by atoms with Crippen LogP contribution >= 0.6 is 62.1 Å². The highest BCUT2D eigenvalue weighted by Gasteiger charge is 2.44. The number of thioether (sulfide) groups is 2. The van der Waals surface area contributed by atoms with Gasteiger partial charge in [-0.3, -0.25) is 14.4 Å². The Kier molecular flexibility index (Phi) is 19.7. The first-order chi connectivity index (χ1) is 36.1. The van der Waals surface area contributed by atoms with Gasteiger partial charge in [0.15, 0.2) is 10.3 Å². The van der Waals surface area contributed by atoms with Gasteiger partial charge in [0, 0.05) is 41.0 Å². The first-order valence-electron chi connectivity index (χ1n) is 27.3. The second-order valence-corrected chi connectivity index (χ2v) is 30.0. The van der Waals surface area contributed by atoms with Crippen molar-refractivity contribution in [2.24, 2.45) is 34.0 Å². The van der Waals surface area contributed by atoms with Gasteiger partial charge in [0.1, 0.15) is 11.5 Å². The number of piperidine rings is 2. The zero-order valence-electron chi connectivity index (χ0n) is 46.2. The SMILES string of the molecule is CC(C)(CN1CCC(C(=O)Nc2ncc(SCc3ncc(C(C)(C)C)o3)s2)CC1)CC(C)(C)C(=O)OCC[C@@H](CCOC1=C2CCC(CBr)(C2)C1)CC(C)(C)c1cnc(CSc2cnc(NC(=O)C3CCNCC3)s2)o1. The van der Waals surface area contributed by atoms with Gasteiger partial charge in [-0.05, 0) is 133 Å². The lowest BCUT2D eigenvalue weighted by Gasteiger charge is -2.40. The summed E-state index contributed by atoms with van der Waals surface area (Å²) >= 11 is 9.93. The number of thiazole rings is 2. The predicted molar refractivity (Wildman–Crippen MR) is 308 cm³/mol. The first-order valence-corrected chi connectivity index (χ1v) is 32.0. The Labute approximate surface area is 475 Å². The van der Waals surface area contributed by atoms with Gasteiger partial charge in [-0.1, -0.05) is 87.1 Å². The van der Waals surface area contributed by atoms with Gasteiger partial charge in [0.05, 0.1) is 69.1 Å². The summed E-state index contributed by atoms with van der Waals surface area (Å²) in [4.78, 5) is 60.6. The lowest BCUT2D eigenvalue weighted by Crippen LogP contribution is -2.44. The van der Waals surface area contributed by atoms with E-state index in [2.05, 4.69) is 105 Å². The summed E-state index contributed by atoms with van der Waals surface area (Å²) < 4.78 is 27.1. The van der Waals surface area contributed by atoms with Crippen LogP contribution in [-0.4, -0.2) is 93.9 Å². The fourth-order valence-electron chi connectivity index (χ4n) is 11.5. The monoisotopic (exact) mass is 1180 g/mol. The molecular weight excluding hydrogens is 1100 g/mol. The van der Waals surface area contributed by atoms with Crippen molar-refractivity contribution in [3.05, 3.63) is 59.4 Å². The standard InChI is InChI=1S/C56H81BrN8O7S4/c1-52(2,3)41-27-59-43(71-41)31-73-45-29-62-51(76-45)64-48(67)38-13-20-65(21-14-38)35-53(4,5)33-55(8,9)49(68)70-23-16-36(15-22-69-40-26-56(34-57)17-10-39(40)25-56)24-54(6,7)42-28-60-44(72-42)32-74-46-30-61-50(75-46)63-47(66)37-11-18-58-19-12-37/h27-30,36-38,58H,10-26,31-35H2,1-9H3,(H,61,63,66)(H,62,64,67)/t36-,56?/m1/s1. The molecule has 76 heavy (non-hydrogen) atoms. The number of halogens is 1. The van der Waals surface area contributed by atoms with Crippen molar-refractivity contribution in [2.45, 2.75) is 170 Å². The summed E-state index contributed by atoms with van der Waals surface area (Å²) in [5.74, 6) is 5.39. The molecule has 2 atom stereocenters. The van der Waals surface area contributed by atoms with Gasteiger partial charge in [-0.2, -0.15) is 0 Å². The van der Waals surface area contributed by atoms with Gasteiger partial charge in [0.25, 0.3) is 0 Å². The maximum absolute atomic E-state index is 14.0. The van der Waals surface area contributed by atoms with E-state index in [1.807, 2.05) is 20.0 Å². The van der Waals surface area contributed by atoms with Crippen molar-refractivity contribution < 1.29 is 32.7 Å². The number of allylic oxidation sites excluding steroid dienone is 2. The largest absolute Gasteiger partial charge is 0.498 e. The minimum Gasteiger partial charge on any atom is -0.498 e. The molecule has 8 rings (SSSR count). The van der Waals surface area contributed by atoms with E-state index in [1.165, 1.54) is 40.4 Å². The molecule has 1 saturated carbocycles. The van der Waals surface area contributed by atoms with Crippen LogP contribution in [0.4, 0.5) is 10.3 Å². The number of nitrogens with zero attached hydrogens (tertiary/aromatic N) is 5. The zero-order valence-corrected chi connectivity index (χ0v) is 51.1. The van der Waals surface area contributed by atoms with Crippen LogP contribution in [0.2, 0.25) is 0 Å². The molecule has 0 aromatic carbocycles. The molecule has 6 heterocycles. The third kappa shape index (κ3) is 16.2. The Morgan fingerprint density at radius 1 is 0.803 bits per heavy atom. The number of ether oxygens (including phenoxy) is 2. The van der Waals surface area contributed by atoms with Crippen LogP contribution in [0.1, 0.15) is 163 Å². The number of anilines is 2. The number of esters is 1. The lowest BCUT2D eigenvalue weighted by atomic mass is 9.74. The van der Waals surface area contributed by atoms with Crippen LogP contribution in [0, 0.1) is 34.0 Å². The molecule has 0 spiro atoms. The normalized spacial score (nSPS) is 19.6. The number of rotatable bonds is 26. The van der Waals surface area contributed by atoms with E-state index in [1.54, 1.807) is 42.1 Å². The molecule has 2 saturated heterocycles. The second kappa shape index (κ2) is 25.5. The van der Waals surface area contributed by atoms with Gasteiger partial charge < -0.3 is 39.2 Å². The predicted octanol–water partition coefficient (Wildman–Crippen LogP) is 13.0. The van der Waals surface area contributed by atoms with Crippen molar-refractivity contribution in [2.75, 3.05) is 61.9 Å². The molecule has 418 valence electrons. The number of nitrogens with one attached hydrogen (secondary N) is 3. The van der Waals surface area contributed by atoms with Crippen LogP contribution in [0.5, 0.6) is 0 Å². The van der Waals surface area contributed by atoms with Gasteiger partial charge in [0.2, 0.25) is 23.6 Å². The molecule has 2 bridgehead atoms. The molecule has 4 aromatic rings. The van der Waals surface area contributed by atoms with Crippen molar-refractivity contribution >= 4 is 90.2 Å². The summed E-state index contributed by atoms with van der Waals surface area (Å²) in [5, 5.41) is 11.6. The zero-order chi connectivity index (χ0) is 54.3. The molecule has 20 heteroatoms. The van der Waals surface area contributed by atoms with E-state index in [4.69, 9.17) is 18.3 Å². The van der Waals surface area contributed by atoms with Gasteiger partial charge in [-0.25, -0.2) is 19.9 Å². The summed E-state index contributed by atoms with van der Waals surface area (Å²) in [6.07, 6.45) is 18.0. The number of likely N-dealkylation sites (tertiary alicyclic amines) is 1. The smallest absolute Gasteiger partial charge is 0.311 e. The number of hydrogen-bond donors (Lipinski definition) is 3. The summed E-state index contributed by atoms with van der Waals surface area (Å²) in [7, 11) is 0. The van der Waals surface area contributed by atoms with Crippen molar-refractivity contribution in [3.63, 3.8) is 0 Å². The molecule has 15 nitrogen and oxygen atoms in total. The fraction of sp³-hybridized carbons (Fsp3) is 0.696. The quantitative estimate of drug-likeness (QED) is 0.0306. The lowest BCUT2D eigenvalue weighted by molar-refractivity contribution is -0.156. The molecular formula is C56H81BrN8O7S4. The van der Waals surface area contributed by atoms with E-state index in [0.29, 0.717) is 65.0 Å². The third-order valence-electron chi connectivity index (χ3n) is 15.5. The molecule has 4 aromatic heterocycles. The number of aromatic nitrogens is 4. The number of carbonyl (C=O) groups is 3. The van der Waals surface area contributed by atoms with Crippen LogP contribution in [0.25, 0.3) is 0 Å². The van der Waals surface area contributed by atoms with Gasteiger partial charge in [-0.15, -0.1) is 23.5 Å². The minimum atomic E-state index is -0.689. The molecule has 2 aliphatic heterocycles. The molecule has 3 N–H and O–H groups in total. The highest BCUT2D eigenvalue weighted by atomic mass is 79.9. The Morgan fingerprint density at radius 3 is 1.96 bits per heavy atom. The Bertz CT molecular complexity index is 2620. The average molecular weight is 1190 g/mol. The number of fused-ring (bicyclic) bond motifs is 2. The number of carbonyl (C=O) groups excluding carboxylic acids is 3. The Hall–Kier alpha value is -3.27. The molecule has 4 aliphatic rings. The molecule has 2 aliphatic carbocycles. The third-order valence-corrected chi connectivity index (χ3v) is 20.9. The Balaban J connectivity index is 0.785. The van der Waals surface area contributed by atoms with E-state index in [0.717, 1.165) is 116 Å². The van der Waals surface area contributed by atoms with E-state index in [9.17, 15) is 14.4 Å². The summed E-state index contributed by atoms with van der Waals surface area (Å²) in [6.45, 7) is 24.3. The number of alkyl halides is 1. The second-order valence-electron chi connectivity index (χ2n) is 24.8. The highest BCUT2D eigenvalue weighted by molar-refractivity contribution is 9.09. The van der Waals surface area contributed by atoms with Crippen LogP contribution in [-0.2, 0) is 46.2 Å². The summed E-state index contributed by atoms with van der Waals surface area (Å²) in [5.41, 5.74) is 0.518. The van der Waals surface area contributed by atoms with E-state index < -0.39 is 5.41 Å². The first kappa shape index (κ1) is 58.9. The Morgan fingerprint density at radius 2 is 1.38 bits per heavy atom. The molecule has 1 unspecified atom stereocenters. The van der Waals surface area contributed by atoms with Crippen molar-refractivity contribution in [1.29, 1.82) is 0 Å². The maximum Gasteiger partial charge on any atom is 0.311 e. The maximum atomic E-state index is 14.0. The van der Waals surface area contributed by atoms with Crippen molar-refractivity contribution in [3.8, 4) is 0 Å². The van der Waals surface area contributed by atoms with Gasteiger partial charge >= 0.3 is 5.97 Å². The van der Waals surface area contributed by atoms with Crippen LogP contribution < -0.4 is 16.0 Å². The topological polar surface area (TPSA) is 187 Å². The fourth-order valence-corrected chi connectivity index (χ4v) is 15.6. The number of amides is 2. The van der Waals surface area contributed by atoms with Crippen LogP contribution in [0.3, 0.4) is 0 Å². The molecule has 0 radical (unpaired) electrons. The average Bonchev–Trinajstić information content (AvgIpc) is 4.26. The molecule has 2 amide bonds. The number of hydrogen-bond acceptors (Lipinski definition) is 17. The molecule has 3 fully saturated rings. The highest BCUT2D eigenvalue weighted by Crippen LogP contribution is 2.55. The van der Waals surface area contributed by atoms with E-state index in [-0.39, 0.29) is 51.8 Å². The van der Waals surface area contributed by atoms with Crippen LogP contribution in [0.15, 0.2) is 53.4 Å². The van der Waals surface area contributed by atoms with E-state index >= 15 is 0 Å². The summed E-state index contributed by atoms with van der Waals surface area (Å²) in [6, 6.07) is 0. The minimum absolute atomic E-state index is 0.0211. The van der Waals surface area contributed by atoms with Crippen molar-refractivity contribution in [1.82, 2.24) is 30.2 Å².